The highest BCUT2D eigenvalue weighted by Gasteiger charge is 2.39. The summed E-state index contributed by atoms with van der Waals surface area (Å²) in [4.78, 5) is 34.4. The Labute approximate surface area is 113 Å². The van der Waals surface area contributed by atoms with Crippen molar-refractivity contribution in [2.75, 3.05) is 6.54 Å². The first kappa shape index (κ1) is 14.0. The summed E-state index contributed by atoms with van der Waals surface area (Å²) < 4.78 is 1.14. The predicted molar refractivity (Wildman–Crippen MR) is 65.8 cm³/mol. The van der Waals surface area contributed by atoms with Crippen LogP contribution >= 0.6 is 0 Å². The second kappa shape index (κ2) is 5.27. The molecule has 1 N–H and O–H groups in total. The average Bonchev–Trinajstić information content (AvgIpc) is 2.95. The smallest absolute Gasteiger partial charge is 0.389 e. The fourth-order valence-electron chi connectivity index (χ4n) is 2.37. The van der Waals surface area contributed by atoms with Crippen molar-refractivity contribution in [2.45, 2.75) is 25.9 Å². The standard InChI is InChI=1S/C11H14N4O5/c1-7-2-5-14(10(7)11(17)18)9(16)6-13-4-3-8(12-13)15(19)20/h3-4,7,10H,2,5-6H2,1H3,(H,17,18). The molecule has 1 amide bonds. The van der Waals surface area contributed by atoms with Crippen LogP contribution in [0.2, 0.25) is 0 Å². The van der Waals surface area contributed by atoms with Gasteiger partial charge in [0, 0.05) is 6.54 Å². The van der Waals surface area contributed by atoms with Crippen LogP contribution in [0.3, 0.4) is 0 Å². The molecule has 0 bridgehead atoms. The van der Waals surface area contributed by atoms with Gasteiger partial charge in [-0.3, -0.25) is 4.79 Å². The first-order chi connectivity index (χ1) is 9.40. The van der Waals surface area contributed by atoms with Crippen LogP contribution in [-0.2, 0) is 16.1 Å². The number of hydrogen-bond acceptors (Lipinski definition) is 5. The van der Waals surface area contributed by atoms with Gasteiger partial charge in [-0.05, 0) is 17.3 Å². The van der Waals surface area contributed by atoms with Gasteiger partial charge in [-0.1, -0.05) is 6.92 Å². The van der Waals surface area contributed by atoms with Crippen LogP contribution in [0.25, 0.3) is 0 Å². The van der Waals surface area contributed by atoms with Crippen molar-refractivity contribution in [1.29, 1.82) is 0 Å². The lowest BCUT2D eigenvalue weighted by Crippen LogP contribution is -2.44. The third-order valence-electron chi connectivity index (χ3n) is 3.38. The van der Waals surface area contributed by atoms with Crippen LogP contribution in [0, 0.1) is 16.0 Å². The average molecular weight is 282 g/mol. The summed E-state index contributed by atoms with van der Waals surface area (Å²) in [5, 5.41) is 23.3. The van der Waals surface area contributed by atoms with Gasteiger partial charge in [0.2, 0.25) is 5.91 Å². The number of hydrogen-bond donors (Lipinski definition) is 1. The molecular weight excluding hydrogens is 268 g/mol. The number of carboxylic acid groups (broad SMARTS) is 1. The molecule has 2 rings (SSSR count). The van der Waals surface area contributed by atoms with Gasteiger partial charge in [-0.15, -0.1) is 0 Å². The lowest BCUT2D eigenvalue weighted by Gasteiger charge is -2.22. The lowest BCUT2D eigenvalue weighted by atomic mass is 10.0. The van der Waals surface area contributed by atoms with E-state index in [0.29, 0.717) is 13.0 Å². The zero-order chi connectivity index (χ0) is 14.9. The number of carbonyl (C=O) groups is 2. The van der Waals surface area contributed by atoms with E-state index >= 15 is 0 Å². The third-order valence-corrected chi connectivity index (χ3v) is 3.38. The topological polar surface area (TPSA) is 119 Å². The zero-order valence-electron chi connectivity index (χ0n) is 10.8. The van der Waals surface area contributed by atoms with E-state index in [4.69, 9.17) is 5.11 Å². The summed E-state index contributed by atoms with van der Waals surface area (Å²) >= 11 is 0. The molecule has 2 atom stereocenters. The molecular formula is C11H14N4O5. The maximum absolute atomic E-state index is 12.1. The number of carboxylic acids is 1. The minimum absolute atomic E-state index is 0.108. The first-order valence-corrected chi connectivity index (χ1v) is 6.10. The molecule has 9 heteroatoms. The minimum Gasteiger partial charge on any atom is -0.480 e. The summed E-state index contributed by atoms with van der Waals surface area (Å²) in [5.74, 6) is -1.89. The number of carbonyl (C=O) groups excluding carboxylic acids is 1. The Kier molecular flexibility index (Phi) is 3.68. The summed E-state index contributed by atoms with van der Waals surface area (Å²) in [6, 6.07) is 0.349. The summed E-state index contributed by atoms with van der Waals surface area (Å²) in [6.07, 6.45) is 1.95. The van der Waals surface area contributed by atoms with Crippen LogP contribution in [0.1, 0.15) is 13.3 Å². The van der Waals surface area contributed by atoms with Gasteiger partial charge in [-0.2, -0.15) is 4.68 Å². The number of amides is 1. The normalized spacial score (nSPS) is 21.9. The van der Waals surface area contributed by atoms with Crippen molar-refractivity contribution in [2.24, 2.45) is 5.92 Å². The predicted octanol–water partition coefficient (Wildman–Crippen LogP) is 0.113. The van der Waals surface area contributed by atoms with E-state index in [1.165, 1.54) is 17.2 Å². The largest absolute Gasteiger partial charge is 0.480 e. The fraction of sp³-hybridized carbons (Fsp3) is 0.545. The molecule has 1 saturated heterocycles. The number of aromatic nitrogens is 2. The Balaban J connectivity index is 2.07. The molecule has 0 saturated carbocycles. The molecule has 2 unspecified atom stereocenters. The highest BCUT2D eigenvalue weighted by Crippen LogP contribution is 2.24. The summed E-state index contributed by atoms with van der Waals surface area (Å²) in [7, 11) is 0. The van der Waals surface area contributed by atoms with Crippen molar-refractivity contribution in [3.63, 3.8) is 0 Å². The number of rotatable bonds is 4. The van der Waals surface area contributed by atoms with Crippen molar-refractivity contribution in [1.82, 2.24) is 14.7 Å². The van der Waals surface area contributed by atoms with Crippen LogP contribution in [0.15, 0.2) is 12.3 Å². The number of likely N-dealkylation sites (tertiary alicyclic amines) is 1. The van der Waals surface area contributed by atoms with Gasteiger partial charge < -0.3 is 20.1 Å². The first-order valence-electron chi connectivity index (χ1n) is 6.10. The van der Waals surface area contributed by atoms with E-state index in [-0.39, 0.29) is 18.3 Å². The Morgan fingerprint density at radius 2 is 2.30 bits per heavy atom. The van der Waals surface area contributed by atoms with E-state index in [9.17, 15) is 19.7 Å². The van der Waals surface area contributed by atoms with Crippen LogP contribution in [0.5, 0.6) is 0 Å². The molecule has 1 aliphatic rings. The molecule has 0 aromatic carbocycles. The van der Waals surface area contributed by atoms with Gasteiger partial charge >= 0.3 is 11.8 Å². The maximum Gasteiger partial charge on any atom is 0.389 e. The van der Waals surface area contributed by atoms with E-state index in [2.05, 4.69) is 5.10 Å². The van der Waals surface area contributed by atoms with Crippen LogP contribution < -0.4 is 0 Å². The number of nitrogens with zero attached hydrogens (tertiary/aromatic N) is 4. The van der Waals surface area contributed by atoms with Crippen molar-refractivity contribution >= 4 is 17.7 Å². The third kappa shape index (κ3) is 2.60. The van der Waals surface area contributed by atoms with Gasteiger partial charge in [0.05, 0.1) is 17.4 Å². The van der Waals surface area contributed by atoms with Gasteiger partial charge in [0.15, 0.2) is 0 Å². The van der Waals surface area contributed by atoms with E-state index in [1.54, 1.807) is 6.92 Å². The molecule has 2 heterocycles. The van der Waals surface area contributed by atoms with Crippen LogP contribution in [-0.4, -0.2) is 49.2 Å². The fourth-order valence-corrected chi connectivity index (χ4v) is 2.37. The Bertz CT molecular complexity index is 555. The number of nitro groups is 1. The van der Waals surface area contributed by atoms with E-state index in [1.807, 2.05) is 0 Å². The van der Waals surface area contributed by atoms with Gasteiger partial charge in [-0.25, -0.2) is 4.79 Å². The second-order valence-electron chi connectivity index (χ2n) is 4.76. The molecule has 0 radical (unpaired) electrons. The van der Waals surface area contributed by atoms with Crippen molar-refractivity contribution in [3.05, 3.63) is 22.4 Å². The highest BCUT2D eigenvalue weighted by molar-refractivity contribution is 5.84. The van der Waals surface area contributed by atoms with E-state index in [0.717, 1.165) is 4.68 Å². The molecule has 1 fully saturated rings. The molecule has 9 nitrogen and oxygen atoms in total. The Morgan fingerprint density at radius 3 is 2.85 bits per heavy atom. The van der Waals surface area contributed by atoms with Gasteiger partial charge in [0.1, 0.15) is 12.6 Å². The Morgan fingerprint density at radius 1 is 1.60 bits per heavy atom. The summed E-state index contributed by atoms with van der Waals surface area (Å²) in [5.41, 5.74) is 0. The van der Waals surface area contributed by atoms with Crippen molar-refractivity contribution < 1.29 is 19.6 Å². The molecule has 20 heavy (non-hydrogen) atoms. The SMILES string of the molecule is CC1CCN(C(=O)Cn2ccc([N+](=O)[O-])n2)C1C(=O)O. The quantitative estimate of drug-likeness (QED) is 0.618. The lowest BCUT2D eigenvalue weighted by molar-refractivity contribution is -0.389. The molecule has 0 aliphatic carbocycles. The maximum atomic E-state index is 12.1. The van der Waals surface area contributed by atoms with Crippen molar-refractivity contribution in [3.8, 4) is 0 Å². The van der Waals surface area contributed by atoms with Crippen LogP contribution in [0.4, 0.5) is 5.82 Å². The second-order valence-corrected chi connectivity index (χ2v) is 4.76. The molecule has 108 valence electrons. The Hall–Kier alpha value is -2.45. The molecule has 1 aromatic heterocycles. The number of aliphatic carboxylic acids is 1. The minimum atomic E-state index is -1.03. The molecule has 1 aliphatic heterocycles. The zero-order valence-corrected chi connectivity index (χ0v) is 10.8. The highest BCUT2D eigenvalue weighted by atomic mass is 16.6. The van der Waals surface area contributed by atoms with Gasteiger partial charge in [0.25, 0.3) is 0 Å². The molecule has 1 aromatic rings. The molecule has 0 spiro atoms. The summed E-state index contributed by atoms with van der Waals surface area (Å²) in [6.45, 7) is 1.95. The monoisotopic (exact) mass is 282 g/mol. The van der Waals surface area contributed by atoms with E-state index < -0.39 is 22.8 Å².